The van der Waals surface area contributed by atoms with E-state index in [2.05, 4.69) is 13.8 Å². The van der Waals surface area contributed by atoms with E-state index in [1.165, 1.54) is 18.2 Å². The number of Topliss-reactive ketones (excluding diaryl/α,β-unsaturated/α-hetero) is 1. The van der Waals surface area contributed by atoms with E-state index < -0.39 is 11.0 Å². The Morgan fingerprint density at radius 2 is 2.00 bits per heavy atom. The molecule has 5 heteroatoms. The van der Waals surface area contributed by atoms with Gasteiger partial charge in [0.05, 0.1) is 11.0 Å². The SMILES string of the molecule is CC1(C)CCCC23CC(CC(=O)c4cc(O)ccc4O)(CCC12)C(=O)O3. The van der Waals surface area contributed by atoms with Crippen molar-refractivity contribution in [1.29, 1.82) is 0 Å². The van der Waals surface area contributed by atoms with Crippen LogP contribution in [0, 0.1) is 16.7 Å². The Morgan fingerprint density at radius 1 is 1.23 bits per heavy atom. The summed E-state index contributed by atoms with van der Waals surface area (Å²) in [5, 5.41) is 19.6. The first kappa shape index (κ1) is 17.4. The third-order valence-electron chi connectivity index (χ3n) is 7.06. The first-order chi connectivity index (χ1) is 12.2. The van der Waals surface area contributed by atoms with Crippen molar-refractivity contribution in [3.05, 3.63) is 23.8 Å². The summed E-state index contributed by atoms with van der Waals surface area (Å²) >= 11 is 0. The predicted molar refractivity (Wildman–Crippen MR) is 94.9 cm³/mol. The van der Waals surface area contributed by atoms with E-state index >= 15 is 0 Å². The second-order valence-corrected chi connectivity index (χ2v) is 9.15. The van der Waals surface area contributed by atoms with E-state index in [-0.39, 0.29) is 40.7 Å². The van der Waals surface area contributed by atoms with Crippen LogP contribution in [-0.4, -0.2) is 27.6 Å². The van der Waals surface area contributed by atoms with Crippen LogP contribution in [0.3, 0.4) is 0 Å². The van der Waals surface area contributed by atoms with Crippen LogP contribution >= 0.6 is 0 Å². The normalized spacial score (nSPS) is 34.8. The van der Waals surface area contributed by atoms with Crippen LogP contribution in [0.5, 0.6) is 11.5 Å². The molecule has 3 fully saturated rings. The number of ketones is 1. The molecule has 1 heterocycles. The zero-order valence-corrected chi connectivity index (χ0v) is 15.4. The van der Waals surface area contributed by atoms with Crippen molar-refractivity contribution in [2.75, 3.05) is 0 Å². The fraction of sp³-hybridized carbons (Fsp3) is 0.619. The minimum Gasteiger partial charge on any atom is -0.508 e. The molecule has 5 nitrogen and oxygen atoms in total. The van der Waals surface area contributed by atoms with Crippen molar-refractivity contribution in [2.45, 2.75) is 64.4 Å². The lowest BCUT2D eigenvalue weighted by molar-refractivity contribution is -0.163. The predicted octanol–water partition coefficient (Wildman–Crippen LogP) is 3.96. The highest BCUT2D eigenvalue weighted by molar-refractivity contribution is 6.01. The van der Waals surface area contributed by atoms with E-state index in [9.17, 15) is 19.8 Å². The number of carbonyl (C=O) groups is 2. The van der Waals surface area contributed by atoms with Crippen LogP contribution in [-0.2, 0) is 9.53 Å². The first-order valence-corrected chi connectivity index (χ1v) is 9.46. The molecule has 3 atom stereocenters. The van der Waals surface area contributed by atoms with Gasteiger partial charge < -0.3 is 14.9 Å². The fourth-order valence-electron chi connectivity index (χ4n) is 5.85. The Hall–Kier alpha value is -2.04. The lowest BCUT2D eigenvalue weighted by Gasteiger charge is -2.52. The molecular weight excluding hydrogens is 332 g/mol. The average Bonchev–Trinajstić information content (AvgIpc) is 2.74. The van der Waals surface area contributed by atoms with Crippen LogP contribution in [0.15, 0.2) is 18.2 Å². The summed E-state index contributed by atoms with van der Waals surface area (Å²) in [6, 6.07) is 3.90. The lowest BCUT2D eigenvalue weighted by Crippen LogP contribution is -2.51. The molecular formula is C21H26O5. The summed E-state index contributed by atoms with van der Waals surface area (Å²) in [4.78, 5) is 25.7. The van der Waals surface area contributed by atoms with Gasteiger partial charge in [-0.3, -0.25) is 9.59 Å². The van der Waals surface area contributed by atoms with E-state index in [0.29, 0.717) is 18.8 Å². The maximum atomic E-state index is 12.9. The fourth-order valence-corrected chi connectivity index (χ4v) is 5.85. The summed E-state index contributed by atoms with van der Waals surface area (Å²) in [6.45, 7) is 4.52. The summed E-state index contributed by atoms with van der Waals surface area (Å²) in [6.07, 6.45) is 5.20. The molecule has 0 amide bonds. The number of fused-ring (bicyclic) bond motifs is 1. The van der Waals surface area contributed by atoms with E-state index in [1.54, 1.807) is 0 Å². The Morgan fingerprint density at radius 3 is 2.77 bits per heavy atom. The summed E-state index contributed by atoms with van der Waals surface area (Å²) in [5.41, 5.74) is -1.01. The van der Waals surface area contributed by atoms with E-state index in [1.807, 2.05) is 0 Å². The number of rotatable bonds is 3. The van der Waals surface area contributed by atoms with Crippen molar-refractivity contribution in [1.82, 2.24) is 0 Å². The molecule has 2 N–H and O–H groups in total. The first-order valence-electron chi connectivity index (χ1n) is 9.46. The molecule has 3 aliphatic rings. The van der Waals surface area contributed by atoms with Crippen molar-refractivity contribution in [3.63, 3.8) is 0 Å². The van der Waals surface area contributed by atoms with Gasteiger partial charge in [0, 0.05) is 18.8 Å². The van der Waals surface area contributed by atoms with Gasteiger partial charge in [0.15, 0.2) is 5.78 Å². The number of carbonyl (C=O) groups excluding carboxylic acids is 2. The number of esters is 1. The number of aromatic hydroxyl groups is 2. The standard InChI is InChI=1S/C21H26O5/c1-19(2)7-3-8-21-12-20(18(25)26-21,9-6-17(19)21)11-16(24)14-10-13(22)4-5-15(14)23/h4-5,10,17,22-23H,3,6-9,11-12H2,1-2H3. The molecule has 1 spiro atoms. The lowest BCUT2D eigenvalue weighted by atomic mass is 9.52. The number of ether oxygens (including phenoxy) is 1. The maximum absolute atomic E-state index is 12.9. The van der Waals surface area contributed by atoms with Gasteiger partial charge >= 0.3 is 5.97 Å². The van der Waals surface area contributed by atoms with Crippen LogP contribution in [0.25, 0.3) is 0 Å². The third kappa shape index (κ3) is 2.43. The van der Waals surface area contributed by atoms with Crippen molar-refractivity contribution in [2.24, 2.45) is 16.7 Å². The minimum absolute atomic E-state index is 0.0255. The van der Waals surface area contributed by atoms with Gasteiger partial charge in [-0.25, -0.2) is 0 Å². The molecule has 140 valence electrons. The third-order valence-corrected chi connectivity index (χ3v) is 7.06. The molecule has 1 saturated heterocycles. The van der Waals surface area contributed by atoms with Gasteiger partial charge in [-0.15, -0.1) is 0 Å². The number of hydrogen-bond acceptors (Lipinski definition) is 5. The molecule has 2 aliphatic carbocycles. The number of phenols is 2. The van der Waals surface area contributed by atoms with E-state index in [4.69, 9.17) is 4.74 Å². The minimum atomic E-state index is -0.793. The maximum Gasteiger partial charge on any atom is 0.313 e. The van der Waals surface area contributed by atoms with Crippen molar-refractivity contribution < 1.29 is 24.5 Å². The zero-order chi connectivity index (χ0) is 18.7. The summed E-state index contributed by atoms with van der Waals surface area (Å²) in [7, 11) is 0. The monoisotopic (exact) mass is 358 g/mol. The molecule has 26 heavy (non-hydrogen) atoms. The van der Waals surface area contributed by atoms with E-state index in [0.717, 1.165) is 25.7 Å². The largest absolute Gasteiger partial charge is 0.508 e. The molecule has 3 unspecified atom stereocenters. The van der Waals surface area contributed by atoms with Gasteiger partial charge in [-0.1, -0.05) is 13.8 Å². The molecule has 2 bridgehead atoms. The topological polar surface area (TPSA) is 83.8 Å². The summed E-state index contributed by atoms with van der Waals surface area (Å²) in [5.74, 6) is -0.483. The second-order valence-electron chi connectivity index (χ2n) is 9.15. The smallest absolute Gasteiger partial charge is 0.313 e. The number of phenolic OH excluding ortho intramolecular Hbond substituents is 2. The van der Waals surface area contributed by atoms with Gasteiger partial charge in [0.2, 0.25) is 0 Å². The van der Waals surface area contributed by atoms with Gasteiger partial charge in [0.25, 0.3) is 0 Å². The molecule has 2 saturated carbocycles. The highest BCUT2D eigenvalue weighted by Crippen LogP contribution is 2.63. The molecule has 1 aliphatic heterocycles. The van der Waals surface area contributed by atoms with Crippen LogP contribution < -0.4 is 0 Å². The number of benzene rings is 1. The van der Waals surface area contributed by atoms with Gasteiger partial charge in [0.1, 0.15) is 17.1 Å². The van der Waals surface area contributed by atoms with Crippen LogP contribution in [0.2, 0.25) is 0 Å². The van der Waals surface area contributed by atoms with Gasteiger partial charge in [-0.05, 0) is 55.7 Å². The van der Waals surface area contributed by atoms with Gasteiger partial charge in [-0.2, -0.15) is 0 Å². The Labute approximate surface area is 153 Å². The number of hydrogen-bond donors (Lipinski definition) is 2. The average molecular weight is 358 g/mol. The molecule has 1 aromatic rings. The Kier molecular flexibility index (Phi) is 3.66. The quantitative estimate of drug-likeness (QED) is 0.485. The van der Waals surface area contributed by atoms with Crippen LogP contribution in [0.1, 0.15) is 69.2 Å². The zero-order valence-electron chi connectivity index (χ0n) is 15.4. The molecule has 0 radical (unpaired) electrons. The second kappa shape index (κ2) is 5.48. The van der Waals surface area contributed by atoms with Crippen molar-refractivity contribution >= 4 is 11.8 Å². The highest BCUT2D eigenvalue weighted by Gasteiger charge is 2.66. The molecule has 1 aromatic carbocycles. The Bertz CT molecular complexity index is 783. The Balaban J connectivity index is 1.63. The van der Waals surface area contributed by atoms with Crippen LogP contribution in [0.4, 0.5) is 0 Å². The molecule has 4 rings (SSSR count). The summed E-state index contributed by atoms with van der Waals surface area (Å²) < 4.78 is 6.00. The van der Waals surface area contributed by atoms with Crippen molar-refractivity contribution in [3.8, 4) is 11.5 Å². The molecule has 0 aromatic heterocycles. The highest BCUT2D eigenvalue weighted by atomic mass is 16.6.